The van der Waals surface area contributed by atoms with Crippen LogP contribution < -0.4 is 20.1 Å². The van der Waals surface area contributed by atoms with Gasteiger partial charge in [0, 0.05) is 42.4 Å². The maximum Gasteiger partial charge on any atom is 0.248 e. The van der Waals surface area contributed by atoms with Crippen molar-refractivity contribution in [1.82, 2.24) is 9.88 Å². The number of halogens is 1. The quantitative estimate of drug-likeness (QED) is 0.182. The molecule has 0 saturated carbocycles. The van der Waals surface area contributed by atoms with Gasteiger partial charge in [-0.1, -0.05) is 47.5 Å². The van der Waals surface area contributed by atoms with Gasteiger partial charge in [-0.15, -0.1) is 0 Å². The Kier molecular flexibility index (Phi) is 9.97. The molecule has 2 N–H and O–H groups in total. The third-order valence-corrected chi connectivity index (χ3v) is 7.24. The van der Waals surface area contributed by atoms with Gasteiger partial charge in [0.1, 0.15) is 30.3 Å². The number of anilines is 3. The monoisotopic (exact) mass is 611 g/mol. The summed E-state index contributed by atoms with van der Waals surface area (Å²) < 4.78 is 17.7. The van der Waals surface area contributed by atoms with E-state index in [-0.39, 0.29) is 12.0 Å². The maximum absolute atomic E-state index is 12.8. The molecule has 10 heteroatoms. The first kappa shape index (κ1) is 30.8. The molecule has 0 aliphatic carbocycles. The molecular formula is C34H34ClN5O4. The number of benzene rings is 3. The second-order valence-corrected chi connectivity index (χ2v) is 11.2. The predicted molar refractivity (Wildman–Crippen MR) is 173 cm³/mol. The number of fused-ring (bicyclic) bond motifs is 1. The normalized spacial score (nSPS) is 14.6. The lowest BCUT2D eigenvalue weighted by atomic mass is 10.1. The lowest BCUT2D eigenvalue weighted by Crippen LogP contribution is -2.18. The fourth-order valence-corrected chi connectivity index (χ4v) is 5.00. The van der Waals surface area contributed by atoms with E-state index in [1.807, 2.05) is 50.2 Å². The summed E-state index contributed by atoms with van der Waals surface area (Å²) in [4.78, 5) is 19.3. The zero-order chi connectivity index (χ0) is 31.1. The number of hydrogen-bond donors (Lipinski definition) is 2. The molecule has 1 amide bonds. The number of carbonyl (C=O) groups excluding carboxylic acids is 1. The lowest BCUT2D eigenvalue weighted by molar-refractivity contribution is -0.111. The first-order valence-electron chi connectivity index (χ1n) is 14.3. The Morgan fingerprint density at radius 2 is 2.07 bits per heavy atom. The minimum atomic E-state index is -0.300. The van der Waals surface area contributed by atoms with Gasteiger partial charge in [0.15, 0.2) is 0 Å². The van der Waals surface area contributed by atoms with Crippen LogP contribution in [-0.2, 0) is 16.1 Å². The molecule has 2 heterocycles. The third kappa shape index (κ3) is 7.85. The van der Waals surface area contributed by atoms with Crippen molar-refractivity contribution in [3.05, 3.63) is 94.7 Å². The number of hydrogen-bond acceptors (Lipinski definition) is 8. The van der Waals surface area contributed by atoms with Crippen LogP contribution in [0.5, 0.6) is 11.5 Å². The van der Waals surface area contributed by atoms with E-state index in [0.29, 0.717) is 76.4 Å². The molecule has 1 saturated heterocycles. The van der Waals surface area contributed by atoms with E-state index in [0.717, 1.165) is 17.5 Å². The summed E-state index contributed by atoms with van der Waals surface area (Å²) in [5.74, 6) is 0.721. The Morgan fingerprint density at radius 3 is 2.80 bits per heavy atom. The van der Waals surface area contributed by atoms with E-state index in [1.54, 1.807) is 30.3 Å². The van der Waals surface area contributed by atoms with Crippen LogP contribution in [0.1, 0.15) is 23.1 Å². The van der Waals surface area contributed by atoms with Crippen LogP contribution in [0.4, 0.5) is 17.1 Å². The van der Waals surface area contributed by atoms with Crippen LogP contribution in [0, 0.1) is 18.3 Å². The van der Waals surface area contributed by atoms with Crippen LogP contribution in [-0.4, -0.2) is 55.7 Å². The summed E-state index contributed by atoms with van der Waals surface area (Å²) in [5, 5.41) is 17.3. The van der Waals surface area contributed by atoms with Gasteiger partial charge in [0.05, 0.1) is 40.7 Å². The standard InChI is InChI=1S/C34H34ClN5O4/c1-22-6-4-7-23(14-22)20-43-31-10-9-25(15-28(31)35)38-34-24(18-36)19-37-29-17-32(44-26-11-13-42-21-26)30(16-27(29)34)39-33(41)8-5-12-40(2)3/h4-10,14-17,19,26H,11-13,20-21H2,1-3H3,(H,37,38)(H,39,41). The van der Waals surface area contributed by atoms with Crippen molar-refractivity contribution in [2.45, 2.75) is 26.1 Å². The number of likely N-dealkylation sites (N-methyl/N-ethyl adjacent to an activating group) is 1. The smallest absolute Gasteiger partial charge is 0.248 e. The largest absolute Gasteiger partial charge is 0.487 e. The van der Waals surface area contributed by atoms with Gasteiger partial charge < -0.3 is 29.7 Å². The van der Waals surface area contributed by atoms with Gasteiger partial charge in [0.25, 0.3) is 0 Å². The second-order valence-electron chi connectivity index (χ2n) is 10.8. The van der Waals surface area contributed by atoms with Crippen LogP contribution in [0.3, 0.4) is 0 Å². The van der Waals surface area contributed by atoms with Gasteiger partial charge in [-0.05, 0) is 50.8 Å². The molecular weight excluding hydrogens is 578 g/mol. The minimum Gasteiger partial charge on any atom is -0.487 e. The highest BCUT2D eigenvalue weighted by Gasteiger charge is 2.21. The Labute approximate surface area is 262 Å². The zero-order valence-corrected chi connectivity index (χ0v) is 25.6. The summed E-state index contributed by atoms with van der Waals surface area (Å²) in [6, 6.07) is 19.2. The Hall–Kier alpha value is -4.62. The highest BCUT2D eigenvalue weighted by molar-refractivity contribution is 6.32. The molecule has 0 radical (unpaired) electrons. The van der Waals surface area contributed by atoms with Crippen molar-refractivity contribution < 1.29 is 19.0 Å². The number of nitriles is 1. The number of nitrogens with one attached hydrogen (secondary N) is 2. The molecule has 5 rings (SSSR count). The van der Waals surface area contributed by atoms with E-state index >= 15 is 0 Å². The SMILES string of the molecule is Cc1cccc(COc2ccc(Nc3c(C#N)cnc4cc(OC5CCOC5)c(NC(=O)C=CCN(C)C)cc34)cc2Cl)c1. The molecule has 1 unspecified atom stereocenters. The van der Waals surface area contributed by atoms with Crippen LogP contribution in [0.15, 0.2) is 72.9 Å². The van der Waals surface area contributed by atoms with Crippen LogP contribution >= 0.6 is 11.6 Å². The van der Waals surface area contributed by atoms with Crippen LogP contribution in [0.2, 0.25) is 5.02 Å². The van der Waals surface area contributed by atoms with Crippen molar-refractivity contribution in [3.63, 3.8) is 0 Å². The minimum absolute atomic E-state index is 0.142. The number of carbonyl (C=O) groups is 1. The van der Waals surface area contributed by atoms with Gasteiger partial charge >= 0.3 is 0 Å². The van der Waals surface area contributed by atoms with Crippen LogP contribution in [0.25, 0.3) is 10.9 Å². The van der Waals surface area contributed by atoms with Crippen molar-refractivity contribution >= 4 is 45.5 Å². The summed E-state index contributed by atoms with van der Waals surface area (Å²) in [6.45, 7) is 4.12. The molecule has 1 aliphatic heterocycles. The molecule has 4 aromatic rings. The van der Waals surface area contributed by atoms with E-state index in [9.17, 15) is 10.1 Å². The molecule has 1 atom stereocenters. The molecule has 9 nitrogen and oxygen atoms in total. The number of pyridine rings is 1. The first-order chi connectivity index (χ1) is 21.3. The number of aryl methyl sites for hydroxylation is 1. The predicted octanol–water partition coefficient (Wildman–Crippen LogP) is 6.61. The number of amides is 1. The third-order valence-electron chi connectivity index (χ3n) is 6.95. The molecule has 226 valence electrons. The molecule has 44 heavy (non-hydrogen) atoms. The number of aromatic nitrogens is 1. The van der Waals surface area contributed by atoms with Crippen molar-refractivity contribution in [2.24, 2.45) is 0 Å². The molecule has 1 aromatic heterocycles. The average molecular weight is 612 g/mol. The molecule has 3 aromatic carbocycles. The lowest BCUT2D eigenvalue weighted by Gasteiger charge is -2.19. The van der Waals surface area contributed by atoms with Crippen molar-refractivity contribution in [2.75, 3.05) is 44.5 Å². The highest BCUT2D eigenvalue weighted by Crippen LogP contribution is 2.38. The van der Waals surface area contributed by atoms with Gasteiger partial charge in [-0.2, -0.15) is 5.26 Å². The average Bonchev–Trinajstić information content (AvgIpc) is 3.50. The molecule has 0 bridgehead atoms. The Morgan fingerprint density at radius 1 is 1.20 bits per heavy atom. The van der Waals surface area contributed by atoms with E-state index < -0.39 is 0 Å². The number of ether oxygens (including phenoxy) is 3. The van der Waals surface area contributed by atoms with Gasteiger partial charge in [0.2, 0.25) is 5.91 Å². The van der Waals surface area contributed by atoms with E-state index in [4.69, 9.17) is 25.8 Å². The fourth-order valence-electron chi connectivity index (χ4n) is 4.77. The fraction of sp³-hybridized carbons (Fsp3) is 0.265. The summed E-state index contributed by atoms with van der Waals surface area (Å²) >= 11 is 6.60. The maximum atomic E-state index is 12.8. The summed E-state index contributed by atoms with van der Waals surface area (Å²) in [5.41, 5.74) is 4.76. The van der Waals surface area contributed by atoms with E-state index in [2.05, 4.69) is 27.8 Å². The van der Waals surface area contributed by atoms with Gasteiger partial charge in [-0.25, -0.2) is 0 Å². The zero-order valence-electron chi connectivity index (χ0n) is 24.9. The van der Waals surface area contributed by atoms with Gasteiger partial charge in [-0.3, -0.25) is 9.78 Å². The summed E-state index contributed by atoms with van der Waals surface area (Å²) in [6.07, 6.45) is 5.38. The first-order valence-corrected chi connectivity index (χ1v) is 14.7. The molecule has 1 aliphatic rings. The number of rotatable bonds is 11. The molecule has 0 spiro atoms. The van der Waals surface area contributed by atoms with Crippen molar-refractivity contribution in [3.8, 4) is 17.6 Å². The summed E-state index contributed by atoms with van der Waals surface area (Å²) in [7, 11) is 3.85. The van der Waals surface area contributed by atoms with Crippen molar-refractivity contribution in [1.29, 1.82) is 5.26 Å². The number of nitrogens with zero attached hydrogens (tertiary/aromatic N) is 3. The van der Waals surface area contributed by atoms with E-state index in [1.165, 1.54) is 12.3 Å². The molecule has 1 fully saturated rings. The Balaban J connectivity index is 1.45. The second kappa shape index (κ2) is 14.2. The highest BCUT2D eigenvalue weighted by atomic mass is 35.5. The Bertz CT molecular complexity index is 1730. The topological polar surface area (TPSA) is 109 Å².